The van der Waals surface area contributed by atoms with Crippen LogP contribution in [0.5, 0.6) is 11.5 Å². The number of aromatic nitrogens is 2. The van der Waals surface area contributed by atoms with E-state index in [0.29, 0.717) is 6.54 Å². The van der Waals surface area contributed by atoms with Gasteiger partial charge in [-0.2, -0.15) is 0 Å². The second-order valence-corrected chi connectivity index (χ2v) is 4.78. The largest absolute Gasteiger partial charge is 0.508 e. The third-order valence-corrected chi connectivity index (χ3v) is 2.92. The lowest BCUT2D eigenvalue weighted by atomic mass is 10.1. The monoisotopic (exact) mass is 275 g/mol. The normalized spacial score (nSPS) is 12.1. The lowest BCUT2D eigenvalue weighted by molar-refractivity contribution is 0.0944. The quantitative estimate of drug-likeness (QED) is 0.769. The predicted molar refractivity (Wildman–Crippen MR) is 73.5 cm³/mol. The summed E-state index contributed by atoms with van der Waals surface area (Å²) in [6, 6.07) is 3.90. The van der Waals surface area contributed by atoms with E-state index in [1.54, 1.807) is 12.5 Å². The van der Waals surface area contributed by atoms with Crippen LogP contribution in [0.3, 0.4) is 0 Å². The molecule has 3 N–H and O–H groups in total. The molecule has 0 aliphatic carbocycles. The Morgan fingerprint density at radius 1 is 1.45 bits per heavy atom. The summed E-state index contributed by atoms with van der Waals surface area (Å²) in [6.45, 7) is 3.25. The Bertz CT molecular complexity index is 581. The molecule has 1 aromatic carbocycles. The fraction of sp³-hybridized carbons (Fsp3) is 0.286. The van der Waals surface area contributed by atoms with Crippen LogP contribution < -0.4 is 5.32 Å². The number of imidazole rings is 1. The molecule has 2 rings (SSSR count). The van der Waals surface area contributed by atoms with Gasteiger partial charge < -0.3 is 20.1 Å². The maximum Gasteiger partial charge on any atom is 0.255 e. The highest BCUT2D eigenvalue weighted by Crippen LogP contribution is 2.22. The number of phenolic OH excluding ortho intramolecular Hbond substituents is 2. The Labute approximate surface area is 116 Å². The lowest BCUT2D eigenvalue weighted by Gasteiger charge is -2.13. The Kier molecular flexibility index (Phi) is 4.24. The Morgan fingerprint density at radius 2 is 2.25 bits per heavy atom. The minimum Gasteiger partial charge on any atom is -0.508 e. The maximum absolute atomic E-state index is 11.9. The summed E-state index contributed by atoms with van der Waals surface area (Å²) >= 11 is 0. The number of nitrogens with one attached hydrogen (secondary N) is 1. The van der Waals surface area contributed by atoms with Gasteiger partial charge in [-0.25, -0.2) is 4.98 Å². The SMILES string of the molecule is CC(CNC(=O)c1ccc(O)cc1O)Cn1ccnc1. The number of phenols is 2. The fourth-order valence-corrected chi connectivity index (χ4v) is 1.89. The summed E-state index contributed by atoms with van der Waals surface area (Å²) in [7, 11) is 0. The van der Waals surface area contributed by atoms with E-state index >= 15 is 0 Å². The van der Waals surface area contributed by atoms with Crippen LogP contribution in [-0.4, -0.2) is 32.2 Å². The number of rotatable bonds is 5. The smallest absolute Gasteiger partial charge is 0.255 e. The molecule has 0 radical (unpaired) electrons. The van der Waals surface area contributed by atoms with Crippen molar-refractivity contribution in [2.75, 3.05) is 6.54 Å². The van der Waals surface area contributed by atoms with Gasteiger partial charge in [0.1, 0.15) is 11.5 Å². The average Bonchev–Trinajstić information content (AvgIpc) is 2.89. The zero-order valence-corrected chi connectivity index (χ0v) is 11.2. The van der Waals surface area contributed by atoms with Gasteiger partial charge in [-0.3, -0.25) is 4.79 Å². The van der Waals surface area contributed by atoms with E-state index in [9.17, 15) is 15.0 Å². The second-order valence-electron chi connectivity index (χ2n) is 4.78. The number of aromatic hydroxyl groups is 2. The molecule has 106 valence electrons. The number of amides is 1. The van der Waals surface area contributed by atoms with Crippen molar-refractivity contribution < 1.29 is 15.0 Å². The molecule has 1 atom stereocenters. The molecule has 1 heterocycles. The molecular formula is C14H17N3O3. The van der Waals surface area contributed by atoms with E-state index < -0.39 is 0 Å². The first-order valence-corrected chi connectivity index (χ1v) is 6.32. The average molecular weight is 275 g/mol. The van der Waals surface area contributed by atoms with Crippen molar-refractivity contribution >= 4 is 5.91 Å². The van der Waals surface area contributed by atoms with Gasteiger partial charge in [-0.05, 0) is 18.1 Å². The van der Waals surface area contributed by atoms with Crippen molar-refractivity contribution in [3.63, 3.8) is 0 Å². The first-order valence-electron chi connectivity index (χ1n) is 6.32. The summed E-state index contributed by atoms with van der Waals surface area (Å²) < 4.78 is 1.94. The summed E-state index contributed by atoms with van der Waals surface area (Å²) in [4.78, 5) is 15.9. The number of carbonyl (C=O) groups is 1. The van der Waals surface area contributed by atoms with E-state index in [-0.39, 0.29) is 28.9 Å². The molecule has 1 aromatic heterocycles. The van der Waals surface area contributed by atoms with Crippen LogP contribution in [0, 0.1) is 5.92 Å². The Morgan fingerprint density at radius 3 is 2.90 bits per heavy atom. The van der Waals surface area contributed by atoms with Crippen LogP contribution in [0.2, 0.25) is 0 Å². The molecule has 6 heteroatoms. The zero-order valence-electron chi connectivity index (χ0n) is 11.2. The highest BCUT2D eigenvalue weighted by molar-refractivity contribution is 5.96. The molecule has 0 saturated heterocycles. The molecule has 0 aliphatic heterocycles. The van der Waals surface area contributed by atoms with Crippen molar-refractivity contribution in [1.82, 2.24) is 14.9 Å². The highest BCUT2D eigenvalue weighted by atomic mass is 16.3. The molecule has 1 unspecified atom stereocenters. The van der Waals surface area contributed by atoms with Gasteiger partial charge in [-0.15, -0.1) is 0 Å². The van der Waals surface area contributed by atoms with Crippen LogP contribution >= 0.6 is 0 Å². The van der Waals surface area contributed by atoms with E-state index in [1.807, 2.05) is 17.7 Å². The second kappa shape index (κ2) is 6.10. The summed E-state index contributed by atoms with van der Waals surface area (Å²) in [5.41, 5.74) is 0.151. The molecule has 0 aliphatic rings. The van der Waals surface area contributed by atoms with Crippen LogP contribution in [-0.2, 0) is 6.54 Å². The minimum atomic E-state index is -0.361. The minimum absolute atomic E-state index is 0.0764. The number of hydrogen-bond acceptors (Lipinski definition) is 4. The van der Waals surface area contributed by atoms with Crippen molar-refractivity contribution in [2.45, 2.75) is 13.5 Å². The van der Waals surface area contributed by atoms with Crippen LogP contribution in [0.15, 0.2) is 36.9 Å². The van der Waals surface area contributed by atoms with Crippen molar-refractivity contribution in [3.8, 4) is 11.5 Å². The highest BCUT2D eigenvalue weighted by Gasteiger charge is 2.12. The first-order chi connectivity index (χ1) is 9.56. The summed E-state index contributed by atoms with van der Waals surface area (Å²) in [6.07, 6.45) is 5.30. The van der Waals surface area contributed by atoms with E-state index in [0.717, 1.165) is 12.6 Å². The van der Waals surface area contributed by atoms with Crippen molar-refractivity contribution in [2.24, 2.45) is 5.92 Å². The first kappa shape index (κ1) is 13.9. The lowest BCUT2D eigenvalue weighted by Crippen LogP contribution is -2.29. The van der Waals surface area contributed by atoms with E-state index in [4.69, 9.17) is 0 Å². The molecule has 6 nitrogen and oxygen atoms in total. The van der Waals surface area contributed by atoms with Gasteiger partial charge in [0.2, 0.25) is 0 Å². The van der Waals surface area contributed by atoms with Crippen LogP contribution in [0.4, 0.5) is 0 Å². The van der Waals surface area contributed by atoms with Gasteiger partial charge in [0.05, 0.1) is 11.9 Å². The summed E-state index contributed by atoms with van der Waals surface area (Å²) in [5.74, 6) is -0.440. The van der Waals surface area contributed by atoms with E-state index in [2.05, 4.69) is 10.3 Å². The Hall–Kier alpha value is -2.50. The molecule has 0 bridgehead atoms. The fourth-order valence-electron chi connectivity index (χ4n) is 1.89. The number of carbonyl (C=O) groups excluding carboxylic acids is 1. The number of nitrogens with zero attached hydrogens (tertiary/aromatic N) is 2. The molecule has 0 fully saturated rings. The van der Waals surface area contributed by atoms with Gasteiger partial charge in [0.25, 0.3) is 5.91 Å². The molecule has 0 spiro atoms. The van der Waals surface area contributed by atoms with Gasteiger partial charge >= 0.3 is 0 Å². The van der Waals surface area contributed by atoms with Crippen molar-refractivity contribution in [1.29, 1.82) is 0 Å². The molecule has 1 amide bonds. The molecular weight excluding hydrogens is 258 g/mol. The van der Waals surface area contributed by atoms with Crippen LogP contribution in [0.25, 0.3) is 0 Å². The van der Waals surface area contributed by atoms with Gasteiger partial charge in [-0.1, -0.05) is 6.92 Å². The van der Waals surface area contributed by atoms with Gasteiger partial charge in [0, 0.05) is 31.5 Å². The van der Waals surface area contributed by atoms with E-state index in [1.165, 1.54) is 12.1 Å². The standard InChI is InChI=1S/C14H17N3O3/c1-10(8-17-5-4-15-9-17)7-16-14(20)12-3-2-11(18)6-13(12)19/h2-6,9-10,18-19H,7-8H2,1H3,(H,16,20). The third-order valence-electron chi connectivity index (χ3n) is 2.92. The number of benzene rings is 1. The molecule has 0 saturated carbocycles. The summed E-state index contributed by atoms with van der Waals surface area (Å²) in [5, 5.41) is 21.5. The van der Waals surface area contributed by atoms with Crippen molar-refractivity contribution in [3.05, 3.63) is 42.5 Å². The topological polar surface area (TPSA) is 87.4 Å². The van der Waals surface area contributed by atoms with Crippen LogP contribution in [0.1, 0.15) is 17.3 Å². The predicted octanol–water partition coefficient (Wildman–Crippen LogP) is 1.36. The zero-order chi connectivity index (χ0) is 14.5. The number of hydrogen-bond donors (Lipinski definition) is 3. The third kappa shape index (κ3) is 3.50. The Balaban J connectivity index is 1.88. The van der Waals surface area contributed by atoms with Gasteiger partial charge in [0.15, 0.2) is 0 Å². The molecule has 2 aromatic rings. The maximum atomic E-state index is 11.9. The molecule has 20 heavy (non-hydrogen) atoms.